The van der Waals surface area contributed by atoms with Crippen molar-refractivity contribution in [3.8, 4) is 0 Å². The van der Waals surface area contributed by atoms with Crippen LogP contribution in [0, 0.1) is 0 Å². The van der Waals surface area contributed by atoms with Crippen LogP contribution in [0.15, 0.2) is 29.2 Å². The minimum atomic E-state index is -3.88. The fourth-order valence-corrected chi connectivity index (χ4v) is 3.50. The number of hydrogen-bond donors (Lipinski definition) is 2. The van der Waals surface area contributed by atoms with Gasteiger partial charge in [-0.25, -0.2) is 13.1 Å². The lowest BCUT2D eigenvalue weighted by Gasteiger charge is -2.24. The second-order valence-electron chi connectivity index (χ2n) is 5.44. The van der Waals surface area contributed by atoms with Crippen LogP contribution in [0.25, 0.3) is 0 Å². The Bertz CT molecular complexity index is 718. The number of hydrogen-bond acceptors (Lipinski definition) is 7. The number of ether oxygens (including phenoxy) is 3. The topological polar surface area (TPSA) is 120 Å². The lowest BCUT2D eigenvalue weighted by atomic mass is 10.2. The van der Waals surface area contributed by atoms with Crippen LogP contribution < -0.4 is 10.0 Å². The fraction of sp³-hybridized carbons (Fsp3) is 0.467. The molecule has 0 aliphatic carbocycles. The van der Waals surface area contributed by atoms with Crippen molar-refractivity contribution < 1.29 is 32.2 Å². The van der Waals surface area contributed by atoms with Gasteiger partial charge in [-0.3, -0.25) is 9.59 Å². The Morgan fingerprint density at radius 1 is 1.12 bits per heavy atom. The predicted molar refractivity (Wildman–Crippen MR) is 87.2 cm³/mol. The smallest absolute Gasteiger partial charge is 0.303 e. The molecule has 1 aliphatic rings. The quantitative estimate of drug-likeness (QED) is 0.710. The molecule has 0 radical (unpaired) electrons. The zero-order valence-electron chi connectivity index (χ0n) is 13.9. The number of rotatable bonds is 5. The van der Waals surface area contributed by atoms with Gasteiger partial charge in [0.2, 0.25) is 15.9 Å². The second kappa shape index (κ2) is 8.39. The zero-order valence-corrected chi connectivity index (χ0v) is 14.7. The number of anilines is 1. The molecule has 2 atom stereocenters. The van der Waals surface area contributed by atoms with E-state index in [0.29, 0.717) is 5.69 Å². The molecule has 0 saturated carbocycles. The summed E-state index contributed by atoms with van der Waals surface area (Å²) in [6.07, 6.45) is -0.798. The number of nitrogens with one attached hydrogen (secondary N) is 2. The highest BCUT2D eigenvalue weighted by molar-refractivity contribution is 7.89. The van der Waals surface area contributed by atoms with Gasteiger partial charge < -0.3 is 19.5 Å². The summed E-state index contributed by atoms with van der Waals surface area (Å²) in [6.45, 7) is 2.60. The number of sulfonamides is 1. The van der Waals surface area contributed by atoms with Gasteiger partial charge in [0.15, 0.2) is 0 Å². The van der Waals surface area contributed by atoms with Crippen LogP contribution in [0.3, 0.4) is 0 Å². The van der Waals surface area contributed by atoms with E-state index in [1.54, 1.807) is 0 Å². The van der Waals surface area contributed by atoms with Crippen molar-refractivity contribution in [2.75, 3.05) is 25.3 Å². The van der Waals surface area contributed by atoms with Crippen LogP contribution in [0.2, 0.25) is 0 Å². The Morgan fingerprint density at radius 3 is 2.36 bits per heavy atom. The van der Waals surface area contributed by atoms with Gasteiger partial charge in [-0.15, -0.1) is 0 Å². The van der Waals surface area contributed by atoms with Gasteiger partial charge in [0, 0.05) is 19.5 Å². The molecule has 0 bridgehead atoms. The van der Waals surface area contributed by atoms with E-state index in [0.717, 1.165) is 0 Å². The zero-order chi connectivity index (χ0) is 18.4. The minimum absolute atomic E-state index is 0.00114. The molecular weight excluding hydrogens is 352 g/mol. The van der Waals surface area contributed by atoms with E-state index in [9.17, 15) is 18.0 Å². The van der Waals surface area contributed by atoms with Crippen molar-refractivity contribution in [1.82, 2.24) is 4.72 Å². The molecule has 2 N–H and O–H groups in total. The van der Waals surface area contributed by atoms with E-state index >= 15 is 0 Å². The summed E-state index contributed by atoms with van der Waals surface area (Å²) in [5, 5.41) is 2.55. The van der Waals surface area contributed by atoms with E-state index in [1.807, 2.05) is 0 Å². The van der Waals surface area contributed by atoms with E-state index in [4.69, 9.17) is 14.2 Å². The Kier molecular flexibility index (Phi) is 6.48. The summed E-state index contributed by atoms with van der Waals surface area (Å²) >= 11 is 0. The van der Waals surface area contributed by atoms with Crippen molar-refractivity contribution >= 4 is 27.6 Å². The lowest BCUT2D eigenvalue weighted by molar-refractivity contribution is -0.150. The van der Waals surface area contributed by atoms with Crippen LogP contribution in [0.1, 0.15) is 13.8 Å². The molecule has 1 aliphatic heterocycles. The molecule has 10 heteroatoms. The maximum Gasteiger partial charge on any atom is 0.303 e. The van der Waals surface area contributed by atoms with E-state index in [1.165, 1.54) is 38.1 Å². The number of benzene rings is 1. The molecule has 0 unspecified atom stereocenters. The summed E-state index contributed by atoms with van der Waals surface area (Å²) in [5.74, 6) is -0.798. The van der Waals surface area contributed by atoms with Gasteiger partial charge in [-0.05, 0) is 24.3 Å². The van der Waals surface area contributed by atoms with Crippen LogP contribution in [-0.2, 0) is 33.8 Å². The highest BCUT2D eigenvalue weighted by Gasteiger charge is 2.31. The number of carbonyl (C=O) groups is 2. The average molecular weight is 372 g/mol. The van der Waals surface area contributed by atoms with E-state index in [2.05, 4.69) is 10.0 Å². The SMILES string of the molecule is CC(=O)Nc1ccc(S(=O)(=O)N[C@@H]2COCOC[C@@H]2OC(C)=O)cc1. The third kappa shape index (κ3) is 5.78. The van der Waals surface area contributed by atoms with Gasteiger partial charge in [0.05, 0.1) is 24.2 Å². The highest BCUT2D eigenvalue weighted by atomic mass is 32.2. The summed E-state index contributed by atoms with van der Waals surface area (Å²) in [5.41, 5.74) is 0.482. The summed E-state index contributed by atoms with van der Waals surface area (Å²) in [6, 6.07) is 4.90. The van der Waals surface area contributed by atoms with Gasteiger partial charge in [-0.1, -0.05) is 0 Å². The highest BCUT2D eigenvalue weighted by Crippen LogP contribution is 2.16. The molecule has 1 heterocycles. The summed E-state index contributed by atoms with van der Waals surface area (Å²) in [4.78, 5) is 22.2. The normalized spacial score (nSPS) is 21.2. The number of esters is 1. The van der Waals surface area contributed by atoms with Crippen molar-refractivity contribution in [2.24, 2.45) is 0 Å². The number of amides is 1. The van der Waals surface area contributed by atoms with E-state index in [-0.39, 0.29) is 30.8 Å². The van der Waals surface area contributed by atoms with Gasteiger partial charge in [0.1, 0.15) is 12.9 Å². The maximum absolute atomic E-state index is 12.5. The Balaban J connectivity index is 2.14. The third-order valence-electron chi connectivity index (χ3n) is 3.30. The first-order valence-corrected chi connectivity index (χ1v) is 8.99. The van der Waals surface area contributed by atoms with E-state index < -0.39 is 28.1 Å². The first-order valence-electron chi connectivity index (χ1n) is 7.50. The fourth-order valence-electron chi connectivity index (χ4n) is 2.25. The predicted octanol–water partition coefficient (Wildman–Crippen LogP) is 0.228. The second-order valence-corrected chi connectivity index (χ2v) is 7.15. The molecule has 0 aromatic heterocycles. The molecular formula is C15H20N2O7S. The van der Waals surface area contributed by atoms with Crippen molar-refractivity contribution in [1.29, 1.82) is 0 Å². The molecule has 1 amide bonds. The number of carbonyl (C=O) groups excluding carboxylic acids is 2. The molecule has 1 saturated heterocycles. The van der Waals surface area contributed by atoms with Gasteiger partial charge in [-0.2, -0.15) is 0 Å². The van der Waals surface area contributed by atoms with Gasteiger partial charge >= 0.3 is 5.97 Å². The van der Waals surface area contributed by atoms with Crippen LogP contribution >= 0.6 is 0 Å². The van der Waals surface area contributed by atoms with Crippen LogP contribution in [-0.4, -0.2) is 52.4 Å². The Morgan fingerprint density at radius 2 is 1.76 bits per heavy atom. The molecule has 138 valence electrons. The molecule has 25 heavy (non-hydrogen) atoms. The molecule has 0 spiro atoms. The Hall–Kier alpha value is -2.01. The lowest BCUT2D eigenvalue weighted by Crippen LogP contribution is -2.48. The van der Waals surface area contributed by atoms with Crippen LogP contribution in [0.4, 0.5) is 5.69 Å². The monoisotopic (exact) mass is 372 g/mol. The molecule has 2 rings (SSSR count). The summed E-state index contributed by atoms with van der Waals surface area (Å²) in [7, 11) is -3.88. The first kappa shape index (κ1) is 19.3. The third-order valence-corrected chi connectivity index (χ3v) is 4.81. The first-order chi connectivity index (χ1) is 11.8. The molecule has 1 fully saturated rings. The Labute approximate surface area is 145 Å². The molecule has 1 aromatic rings. The maximum atomic E-state index is 12.5. The minimum Gasteiger partial charge on any atom is -0.458 e. The van der Waals surface area contributed by atoms with Gasteiger partial charge in [0.25, 0.3) is 0 Å². The molecule has 1 aromatic carbocycles. The largest absolute Gasteiger partial charge is 0.458 e. The average Bonchev–Trinajstić information content (AvgIpc) is 2.72. The van der Waals surface area contributed by atoms with Crippen molar-refractivity contribution in [3.63, 3.8) is 0 Å². The standard InChI is InChI=1S/C15H20N2O7S/c1-10(18)16-12-3-5-13(6-4-12)25(20,21)17-14-7-22-9-23-8-15(14)24-11(2)19/h3-6,14-15,17H,7-9H2,1-2H3,(H,16,18)/t14-,15+/m1/s1. The summed E-state index contributed by atoms with van der Waals surface area (Å²) < 4.78 is 43.0. The molecule has 9 nitrogen and oxygen atoms in total. The van der Waals surface area contributed by atoms with Crippen molar-refractivity contribution in [3.05, 3.63) is 24.3 Å². The van der Waals surface area contributed by atoms with Crippen LogP contribution in [0.5, 0.6) is 0 Å². The van der Waals surface area contributed by atoms with Crippen molar-refractivity contribution in [2.45, 2.75) is 30.9 Å².